The molecule has 5 heteroatoms. The average Bonchev–Trinajstić information content (AvgIpc) is 2.96. The molecule has 3 unspecified atom stereocenters. The minimum atomic E-state index is -0.927. The van der Waals surface area contributed by atoms with Crippen molar-refractivity contribution < 1.29 is 19.1 Å². The van der Waals surface area contributed by atoms with Gasteiger partial charge in [0.1, 0.15) is 11.5 Å². The molecule has 1 aliphatic rings. The van der Waals surface area contributed by atoms with E-state index >= 15 is 0 Å². The van der Waals surface area contributed by atoms with Gasteiger partial charge < -0.3 is 14.8 Å². The Kier molecular flexibility index (Phi) is 4.27. The number of carbonyl (C=O) groups excluding carboxylic acids is 1. The fourth-order valence-corrected chi connectivity index (χ4v) is 1.93. The maximum atomic E-state index is 11.5. The summed E-state index contributed by atoms with van der Waals surface area (Å²) >= 11 is 0. The van der Waals surface area contributed by atoms with Crippen molar-refractivity contribution in [2.75, 3.05) is 6.54 Å². The first kappa shape index (κ1) is 14.4. The number of carboxylic acid groups (broad SMARTS) is 1. The van der Waals surface area contributed by atoms with Crippen molar-refractivity contribution in [3.05, 3.63) is 29.7 Å². The molecule has 1 aromatic heterocycles. The highest BCUT2D eigenvalue weighted by atomic mass is 16.4. The third-order valence-corrected chi connectivity index (χ3v) is 3.53. The number of rotatable bonds is 6. The minimum Gasteiger partial charge on any atom is -0.481 e. The van der Waals surface area contributed by atoms with Gasteiger partial charge in [-0.15, -0.1) is 0 Å². The van der Waals surface area contributed by atoms with E-state index in [1.165, 1.54) is 6.08 Å². The lowest BCUT2D eigenvalue weighted by Gasteiger charge is -2.05. The van der Waals surface area contributed by atoms with Crippen molar-refractivity contribution in [1.29, 1.82) is 0 Å². The molecule has 2 rings (SSSR count). The van der Waals surface area contributed by atoms with Crippen LogP contribution in [0.15, 0.2) is 22.6 Å². The molecule has 108 valence electrons. The van der Waals surface area contributed by atoms with Crippen LogP contribution >= 0.6 is 0 Å². The number of hydrogen-bond donors (Lipinski definition) is 2. The molecule has 20 heavy (non-hydrogen) atoms. The smallest absolute Gasteiger partial charge is 0.308 e. The molecule has 1 fully saturated rings. The largest absolute Gasteiger partial charge is 0.481 e. The van der Waals surface area contributed by atoms with Crippen LogP contribution in [0.3, 0.4) is 0 Å². The van der Waals surface area contributed by atoms with Crippen LogP contribution < -0.4 is 5.32 Å². The lowest BCUT2D eigenvalue weighted by Crippen LogP contribution is -2.30. The van der Waals surface area contributed by atoms with E-state index in [0.29, 0.717) is 17.6 Å². The van der Waals surface area contributed by atoms with E-state index in [-0.39, 0.29) is 12.5 Å². The van der Waals surface area contributed by atoms with Gasteiger partial charge in [-0.2, -0.15) is 0 Å². The van der Waals surface area contributed by atoms with Crippen molar-refractivity contribution >= 4 is 18.0 Å². The molecule has 0 aliphatic heterocycles. The maximum absolute atomic E-state index is 11.5. The molecule has 1 aromatic rings. The normalized spacial score (nSPS) is 22.7. The van der Waals surface area contributed by atoms with E-state index in [1.807, 2.05) is 12.1 Å². The van der Waals surface area contributed by atoms with Crippen molar-refractivity contribution in [2.45, 2.75) is 26.2 Å². The minimum absolute atomic E-state index is 0.113. The van der Waals surface area contributed by atoms with Crippen LogP contribution in [-0.4, -0.2) is 23.5 Å². The molecule has 0 aromatic carbocycles. The summed E-state index contributed by atoms with van der Waals surface area (Å²) in [6.07, 6.45) is 4.11. The fourth-order valence-electron chi connectivity index (χ4n) is 1.93. The summed E-state index contributed by atoms with van der Waals surface area (Å²) in [4.78, 5) is 22.1. The van der Waals surface area contributed by atoms with E-state index < -0.39 is 11.9 Å². The van der Waals surface area contributed by atoms with Crippen LogP contribution in [0.1, 0.15) is 37.7 Å². The van der Waals surface area contributed by atoms with Gasteiger partial charge in [0, 0.05) is 18.5 Å². The Balaban J connectivity index is 1.81. The number of carboxylic acids is 1. The lowest BCUT2D eigenvalue weighted by atomic mass is 10.2. The summed E-state index contributed by atoms with van der Waals surface area (Å²) < 4.78 is 5.63. The van der Waals surface area contributed by atoms with Gasteiger partial charge in [0.15, 0.2) is 0 Å². The Morgan fingerprint density at radius 1 is 1.55 bits per heavy atom. The molecular formula is C15H19NO4. The number of carbonyl (C=O) groups is 2. The van der Waals surface area contributed by atoms with Crippen molar-refractivity contribution in [3.8, 4) is 0 Å². The van der Waals surface area contributed by atoms with Crippen LogP contribution in [0.5, 0.6) is 0 Å². The van der Waals surface area contributed by atoms with Crippen LogP contribution in [0.4, 0.5) is 0 Å². The first-order valence-electron chi connectivity index (χ1n) is 6.76. The number of hydrogen-bond acceptors (Lipinski definition) is 3. The Bertz CT molecular complexity index is 532. The zero-order valence-electron chi connectivity index (χ0n) is 11.6. The summed E-state index contributed by atoms with van der Waals surface area (Å²) in [5.74, 6) is 0.956. The van der Waals surface area contributed by atoms with Gasteiger partial charge in [-0.1, -0.05) is 13.8 Å². The predicted molar refractivity (Wildman–Crippen MR) is 74.1 cm³/mol. The molecule has 3 atom stereocenters. The van der Waals surface area contributed by atoms with Gasteiger partial charge in [-0.05, 0) is 30.5 Å². The van der Waals surface area contributed by atoms with Crippen molar-refractivity contribution in [3.63, 3.8) is 0 Å². The van der Waals surface area contributed by atoms with Crippen molar-refractivity contribution in [2.24, 2.45) is 11.8 Å². The zero-order valence-corrected chi connectivity index (χ0v) is 11.6. The van der Waals surface area contributed by atoms with E-state index in [0.717, 1.165) is 12.2 Å². The van der Waals surface area contributed by atoms with Gasteiger partial charge >= 0.3 is 5.97 Å². The summed E-state index contributed by atoms with van der Waals surface area (Å²) in [5.41, 5.74) is 0. The van der Waals surface area contributed by atoms with Crippen LogP contribution in [0, 0.1) is 11.8 Å². The second kappa shape index (κ2) is 5.94. The van der Waals surface area contributed by atoms with Gasteiger partial charge in [0.05, 0.1) is 5.92 Å². The SMILES string of the molecule is CC(CNC(=O)C=Cc1ccc(C2CC2C)o1)C(=O)O. The van der Waals surface area contributed by atoms with E-state index in [1.54, 1.807) is 13.0 Å². The molecular weight excluding hydrogens is 258 g/mol. The molecule has 5 nitrogen and oxygen atoms in total. The number of aliphatic carboxylic acids is 1. The standard InChI is InChI=1S/C15H19NO4/c1-9-7-12(9)13-5-3-11(20-13)4-6-14(17)16-8-10(2)15(18)19/h3-6,9-10,12H,7-8H2,1-2H3,(H,16,17)(H,18,19). The molecule has 0 radical (unpaired) electrons. The Hall–Kier alpha value is -2.04. The van der Waals surface area contributed by atoms with Gasteiger partial charge in [-0.25, -0.2) is 0 Å². The first-order valence-corrected chi connectivity index (χ1v) is 6.76. The third kappa shape index (κ3) is 3.73. The molecule has 1 aliphatic carbocycles. The summed E-state index contributed by atoms with van der Waals surface area (Å²) in [5, 5.41) is 11.2. The molecule has 0 bridgehead atoms. The Morgan fingerprint density at radius 3 is 2.85 bits per heavy atom. The highest BCUT2D eigenvalue weighted by molar-refractivity contribution is 5.91. The number of furan rings is 1. The fraction of sp³-hybridized carbons (Fsp3) is 0.467. The molecule has 1 amide bonds. The highest BCUT2D eigenvalue weighted by Crippen LogP contribution is 2.47. The van der Waals surface area contributed by atoms with E-state index in [9.17, 15) is 9.59 Å². The van der Waals surface area contributed by atoms with E-state index in [2.05, 4.69) is 12.2 Å². The quantitative estimate of drug-likeness (QED) is 0.782. The monoisotopic (exact) mass is 277 g/mol. The van der Waals surface area contributed by atoms with Gasteiger partial charge in [0.2, 0.25) is 5.91 Å². The second-order valence-corrected chi connectivity index (χ2v) is 5.38. The molecule has 0 saturated heterocycles. The predicted octanol–water partition coefficient (Wildman–Crippen LogP) is 2.25. The Labute approximate surface area is 117 Å². The second-order valence-electron chi connectivity index (χ2n) is 5.38. The van der Waals surface area contributed by atoms with Crippen molar-refractivity contribution in [1.82, 2.24) is 5.32 Å². The summed E-state index contributed by atoms with van der Waals surface area (Å²) in [6, 6.07) is 3.78. The van der Waals surface area contributed by atoms with E-state index in [4.69, 9.17) is 9.52 Å². The highest BCUT2D eigenvalue weighted by Gasteiger charge is 2.36. The zero-order chi connectivity index (χ0) is 14.7. The number of nitrogens with one attached hydrogen (secondary N) is 1. The van der Waals surface area contributed by atoms with Gasteiger partial charge in [0.25, 0.3) is 0 Å². The van der Waals surface area contributed by atoms with Crippen LogP contribution in [-0.2, 0) is 9.59 Å². The average molecular weight is 277 g/mol. The maximum Gasteiger partial charge on any atom is 0.308 e. The molecule has 1 saturated carbocycles. The van der Waals surface area contributed by atoms with Crippen LogP contribution in [0.25, 0.3) is 6.08 Å². The summed E-state index contributed by atoms with van der Waals surface area (Å²) in [6.45, 7) is 3.84. The Morgan fingerprint density at radius 2 is 2.25 bits per heavy atom. The lowest BCUT2D eigenvalue weighted by molar-refractivity contribution is -0.141. The molecule has 1 heterocycles. The van der Waals surface area contributed by atoms with Crippen LogP contribution in [0.2, 0.25) is 0 Å². The number of amides is 1. The molecule has 2 N–H and O–H groups in total. The third-order valence-electron chi connectivity index (χ3n) is 3.53. The summed E-state index contributed by atoms with van der Waals surface area (Å²) in [7, 11) is 0. The topological polar surface area (TPSA) is 79.5 Å². The van der Waals surface area contributed by atoms with Gasteiger partial charge in [-0.3, -0.25) is 9.59 Å². The molecule has 0 spiro atoms. The first-order chi connectivity index (χ1) is 9.47.